The molecular formula is C30H40N6O6. The van der Waals surface area contributed by atoms with Gasteiger partial charge in [0.25, 0.3) is 5.91 Å². The third kappa shape index (κ3) is 8.69. The Hall–Kier alpha value is -4.12. The highest BCUT2D eigenvalue weighted by Crippen LogP contribution is 2.46. The Morgan fingerprint density at radius 2 is 1.90 bits per heavy atom. The fourth-order valence-electron chi connectivity index (χ4n) is 4.32. The summed E-state index contributed by atoms with van der Waals surface area (Å²) < 4.78 is 17.6. The molecule has 2 aromatic carbocycles. The van der Waals surface area contributed by atoms with Gasteiger partial charge in [-0.3, -0.25) is 15.0 Å². The third-order valence-electron chi connectivity index (χ3n) is 6.24. The van der Waals surface area contributed by atoms with Gasteiger partial charge < -0.3 is 19.3 Å². The zero-order valence-electron chi connectivity index (χ0n) is 24.8. The van der Waals surface area contributed by atoms with Crippen molar-refractivity contribution < 1.29 is 28.9 Å². The first-order valence-corrected chi connectivity index (χ1v) is 14.0. The van der Waals surface area contributed by atoms with Crippen molar-refractivity contribution >= 4 is 23.5 Å². The number of rotatable bonds is 14. The van der Waals surface area contributed by atoms with Gasteiger partial charge in [-0.15, -0.1) is 0 Å². The number of esters is 1. The molecule has 0 fully saturated rings. The fourth-order valence-corrected chi connectivity index (χ4v) is 4.32. The van der Waals surface area contributed by atoms with Crippen LogP contribution in [0.3, 0.4) is 0 Å². The van der Waals surface area contributed by atoms with Crippen molar-refractivity contribution in [2.45, 2.75) is 71.1 Å². The van der Waals surface area contributed by atoms with Crippen LogP contribution < -0.4 is 15.6 Å². The quantitative estimate of drug-likeness (QED) is 0.0702. The Bertz CT molecular complexity index is 1300. The van der Waals surface area contributed by atoms with Gasteiger partial charge in [-0.1, -0.05) is 43.2 Å². The van der Waals surface area contributed by atoms with Crippen LogP contribution >= 0.6 is 0 Å². The van der Waals surface area contributed by atoms with Crippen LogP contribution in [0.15, 0.2) is 58.6 Å². The highest BCUT2D eigenvalue weighted by atomic mass is 16.6. The monoisotopic (exact) mass is 580 g/mol. The molecule has 0 unspecified atom stereocenters. The Kier molecular flexibility index (Phi) is 11.3. The van der Waals surface area contributed by atoms with Crippen LogP contribution in [0.2, 0.25) is 0 Å². The van der Waals surface area contributed by atoms with E-state index in [1.165, 1.54) is 0 Å². The normalized spacial score (nSPS) is 18.1. The number of aliphatic hydroxyl groups excluding tert-OH is 1. The molecule has 42 heavy (non-hydrogen) atoms. The second-order valence-corrected chi connectivity index (χ2v) is 11.4. The van der Waals surface area contributed by atoms with Gasteiger partial charge in [-0.2, -0.15) is 0 Å². The van der Waals surface area contributed by atoms with Crippen LogP contribution in [-0.4, -0.2) is 53.8 Å². The zero-order chi connectivity index (χ0) is 30.8. The number of aliphatic imine (C=N–C) groups is 1. The number of ether oxygens (including phenoxy) is 3. The van der Waals surface area contributed by atoms with Crippen LogP contribution in [0.1, 0.15) is 71.1 Å². The molecule has 0 bridgehead atoms. The summed E-state index contributed by atoms with van der Waals surface area (Å²) >= 11 is 0. The number of aliphatic hydroxyl groups is 1. The SMILES string of the molecule is CC(C)CNNC(=O)[C@@]1(CCC(=O)OC(C)(C)C)N=C(c2ccc(OCCCO)cc2)O[C@H]1c1ccccc1N=[N+]=[N-]. The second kappa shape index (κ2) is 14.7. The average Bonchev–Trinajstić information content (AvgIpc) is 3.32. The molecule has 2 atom stereocenters. The molecular weight excluding hydrogens is 540 g/mol. The lowest BCUT2D eigenvalue weighted by molar-refractivity contribution is -0.155. The first-order chi connectivity index (χ1) is 20.0. The molecule has 3 N–H and O–H groups in total. The number of hydrogen-bond acceptors (Lipinski definition) is 9. The van der Waals surface area contributed by atoms with Crippen molar-refractivity contribution in [2.75, 3.05) is 19.8 Å². The van der Waals surface area contributed by atoms with Crippen molar-refractivity contribution in [3.05, 3.63) is 70.1 Å². The first-order valence-electron chi connectivity index (χ1n) is 14.0. The number of hydrogen-bond donors (Lipinski definition) is 3. The van der Waals surface area contributed by atoms with E-state index in [1.54, 1.807) is 69.3 Å². The predicted octanol–water partition coefficient (Wildman–Crippen LogP) is 5.05. The standard InChI is InChI=1S/C30H40N6O6/c1-20(2)19-32-35-28(39)30(16-15-25(38)42-29(3,4)5)26(23-9-6-7-10-24(23)34-36-31)41-27(33-30)21-11-13-22(14-12-21)40-18-8-17-37/h6-7,9-14,20,26,32,37H,8,15-19H2,1-5H3,(H,35,39)/t26-,30-/m0/s1. The molecule has 12 nitrogen and oxygen atoms in total. The number of nitrogens with zero attached hydrogens (tertiary/aromatic N) is 4. The van der Waals surface area contributed by atoms with Crippen molar-refractivity contribution in [3.8, 4) is 5.75 Å². The molecule has 12 heteroatoms. The summed E-state index contributed by atoms with van der Waals surface area (Å²) in [6, 6.07) is 13.8. The highest BCUT2D eigenvalue weighted by Gasteiger charge is 2.54. The van der Waals surface area contributed by atoms with E-state index in [-0.39, 0.29) is 37.0 Å². The molecule has 0 radical (unpaired) electrons. The molecule has 0 spiro atoms. The Morgan fingerprint density at radius 1 is 1.19 bits per heavy atom. The van der Waals surface area contributed by atoms with E-state index < -0.39 is 29.1 Å². The van der Waals surface area contributed by atoms with Gasteiger partial charge in [-0.05, 0) is 62.9 Å². The van der Waals surface area contributed by atoms with Gasteiger partial charge in [0.05, 0.1) is 6.61 Å². The maximum atomic E-state index is 14.0. The molecule has 1 amide bonds. The molecule has 2 aromatic rings. The summed E-state index contributed by atoms with van der Waals surface area (Å²) in [5.74, 6) is 0.0385. The van der Waals surface area contributed by atoms with Gasteiger partial charge in [0.2, 0.25) is 5.90 Å². The fraction of sp³-hybridized carbons (Fsp3) is 0.500. The van der Waals surface area contributed by atoms with E-state index in [2.05, 4.69) is 20.9 Å². The van der Waals surface area contributed by atoms with E-state index in [9.17, 15) is 15.1 Å². The molecule has 0 saturated carbocycles. The van der Waals surface area contributed by atoms with Crippen LogP contribution in [0, 0.1) is 5.92 Å². The highest BCUT2D eigenvalue weighted by molar-refractivity contribution is 6.01. The molecule has 0 aromatic heterocycles. The van der Waals surface area contributed by atoms with Crippen molar-refractivity contribution in [2.24, 2.45) is 16.0 Å². The van der Waals surface area contributed by atoms with E-state index in [0.717, 1.165) is 0 Å². The first kappa shape index (κ1) is 32.4. The summed E-state index contributed by atoms with van der Waals surface area (Å²) in [5.41, 5.74) is 13.9. The molecule has 0 aliphatic carbocycles. The van der Waals surface area contributed by atoms with Crippen molar-refractivity contribution in [3.63, 3.8) is 0 Å². The zero-order valence-corrected chi connectivity index (χ0v) is 24.8. The Labute approximate surface area is 246 Å². The minimum atomic E-state index is -1.62. The lowest BCUT2D eigenvalue weighted by Crippen LogP contribution is -2.53. The largest absolute Gasteiger partial charge is 0.494 e. The number of hydrazine groups is 1. The van der Waals surface area contributed by atoms with E-state index in [4.69, 9.17) is 24.3 Å². The number of carbonyl (C=O) groups excluding carboxylic acids is 2. The summed E-state index contributed by atoms with van der Waals surface area (Å²) in [4.78, 5) is 34.7. The second-order valence-electron chi connectivity index (χ2n) is 11.4. The summed E-state index contributed by atoms with van der Waals surface area (Å²) in [7, 11) is 0. The maximum absolute atomic E-state index is 14.0. The number of amides is 1. The Balaban J connectivity index is 2.08. The maximum Gasteiger partial charge on any atom is 0.306 e. The van der Waals surface area contributed by atoms with Crippen molar-refractivity contribution in [1.29, 1.82) is 0 Å². The minimum absolute atomic E-state index is 0.0287. The molecule has 3 rings (SSSR count). The third-order valence-corrected chi connectivity index (χ3v) is 6.24. The number of benzene rings is 2. The van der Waals surface area contributed by atoms with Gasteiger partial charge in [0.1, 0.15) is 11.4 Å². The van der Waals surface area contributed by atoms with Crippen molar-refractivity contribution in [1.82, 2.24) is 10.9 Å². The molecule has 1 aliphatic heterocycles. The average molecular weight is 581 g/mol. The smallest absolute Gasteiger partial charge is 0.306 e. The van der Waals surface area contributed by atoms with Gasteiger partial charge >= 0.3 is 5.97 Å². The lowest BCUT2D eigenvalue weighted by atomic mass is 9.83. The summed E-state index contributed by atoms with van der Waals surface area (Å²) in [6.07, 6.45) is -0.687. The van der Waals surface area contributed by atoms with Crippen LogP contribution in [0.4, 0.5) is 5.69 Å². The van der Waals surface area contributed by atoms with E-state index >= 15 is 0 Å². The van der Waals surface area contributed by atoms with Gasteiger partial charge in [0.15, 0.2) is 11.6 Å². The van der Waals surface area contributed by atoms with Gasteiger partial charge in [0, 0.05) is 47.7 Å². The molecule has 226 valence electrons. The number of carbonyl (C=O) groups is 2. The summed E-state index contributed by atoms with van der Waals surface area (Å²) in [6.45, 7) is 10.2. The molecule has 1 aliphatic rings. The lowest BCUT2D eigenvalue weighted by Gasteiger charge is -2.31. The number of azide groups is 1. The van der Waals surface area contributed by atoms with Crippen LogP contribution in [-0.2, 0) is 19.1 Å². The summed E-state index contributed by atoms with van der Waals surface area (Å²) in [5, 5.41) is 12.8. The Morgan fingerprint density at radius 3 is 2.55 bits per heavy atom. The predicted molar refractivity (Wildman–Crippen MR) is 158 cm³/mol. The van der Waals surface area contributed by atoms with Gasteiger partial charge in [-0.25, -0.2) is 10.4 Å². The van der Waals surface area contributed by atoms with E-state index in [1.807, 2.05) is 13.8 Å². The molecule has 1 heterocycles. The van der Waals surface area contributed by atoms with Crippen LogP contribution in [0.25, 0.3) is 10.4 Å². The number of nitrogens with one attached hydrogen (secondary N) is 2. The van der Waals surface area contributed by atoms with E-state index in [0.29, 0.717) is 36.4 Å². The topological polar surface area (TPSA) is 167 Å². The molecule has 0 saturated heterocycles. The minimum Gasteiger partial charge on any atom is -0.494 e. The van der Waals surface area contributed by atoms with Crippen LogP contribution in [0.5, 0.6) is 5.75 Å².